The predicted molar refractivity (Wildman–Crippen MR) is 80.3 cm³/mol. The van der Waals surface area contributed by atoms with Crippen LogP contribution in [0.3, 0.4) is 0 Å². The van der Waals surface area contributed by atoms with Crippen molar-refractivity contribution in [3.05, 3.63) is 41.7 Å². The summed E-state index contributed by atoms with van der Waals surface area (Å²) >= 11 is 1.49. The molecule has 112 valence electrons. The lowest BCUT2D eigenvalue weighted by atomic mass is 10.2. The lowest BCUT2D eigenvalue weighted by molar-refractivity contribution is -0.140. The minimum atomic E-state index is -0.343. The van der Waals surface area contributed by atoms with Crippen molar-refractivity contribution >= 4 is 29.7 Å². The Kier molecular flexibility index (Phi) is 5.38. The minimum Gasteiger partial charge on any atom is -0.468 e. The third-order valence-corrected chi connectivity index (χ3v) is 4.27. The first-order valence-electron chi connectivity index (χ1n) is 6.52. The molecule has 1 heterocycles. The number of hydrogen-bond acceptors (Lipinski definition) is 4. The number of rotatable bonds is 3. The van der Waals surface area contributed by atoms with E-state index in [1.807, 2.05) is 0 Å². The molecule has 0 aliphatic carbocycles. The summed E-state index contributed by atoms with van der Waals surface area (Å²) in [7, 11) is 1.34. The molecule has 21 heavy (non-hydrogen) atoms. The molecular weight excluding hydrogens is 293 g/mol. The Morgan fingerprint density at radius 2 is 2.29 bits per heavy atom. The van der Waals surface area contributed by atoms with Gasteiger partial charge in [-0.2, -0.15) is 0 Å². The molecule has 0 radical (unpaired) electrons. The minimum absolute atomic E-state index is 0.187. The number of benzene rings is 1. The van der Waals surface area contributed by atoms with Gasteiger partial charge >= 0.3 is 5.97 Å². The van der Waals surface area contributed by atoms with Gasteiger partial charge in [0.2, 0.25) is 5.91 Å². The van der Waals surface area contributed by atoms with Crippen LogP contribution in [0.2, 0.25) is 0 Å². The Balaban J connectivity index is 1.98. The second kappa shape index (κ2) is 7.26. The maximum absolute atomic E-state index is 13.0. The zero-order chi connectivity index (χ0) is 15.2. The molecule has 1 aromatic carbocycles. The first-order chi connectivity index (χ1) is 10.1. The van der Waals surface area contributed by atoms with Crippen molar-refractivity contribution in [3.63, 3.8) is 0 Å². The van der Waals surface area contributed by atoms with Crippen LogP contribution in [0, 0.1) is 5.82 Å². The molecule has 0 bridgehead atoms. The van der Waals surface area contributed by atoms with Crippen LogP contribution in [-0.4, -0.2) is 48.0 Å². The smallest absolute Gasteiger partial charge is 0.320 e. The van der Waals surface area contributed by atoms with Gasteiger partial charge in [-0.3, -0.25) is 9.59 Å². The number of amides is 1. The third kappa shape index (κ3) is 4.32. The first-order valence-corrected chi connectivity index (χ1v) is 7.57. The van der Waals surface area contributed by atoms with E-state index < -0.39 is 0 Å². The Labute approximate surface area is 127 Å². The van der Waals surface area contributed by atoms with Gasteiger partial charge in [-0.05, 0) is 23.8 Å². The van der Waals surface area contributed by atoms with Crippen molar-refractivity contribution in [2.45, 2.75) is 5.25 Å². The lowest BCUT2D eigenvalue weighted by Crippen LogP contribution is -2.44. The topological polar surface area (TPSA) is 46.6 Å². The highest BCUT2D eigenvalue weighted by atomic mass is 32.2. The molecule has 2 rings (SSSR count). The van der Waals surface area contributed by atoms with E-state index in [9.17, 15) is 14.0 Å². The number of ether oxygens (including phenoxy) is 1. The molecule has 6 heteroatoms. The standard InChI is InChI=1S/C15H16FNO3S/c1-20-15(19)13-10-17(7-8-21-13)14(18)6-5-11-3-2-4-12(16)9-11/h2-6,9,13H,7-8,10H2,1H3/b6-5+/t13-/m1/s1. The zero-order valence-corrected chi connectivity index (χ0v) is 12.4. The van der Waals surface area contributed by atoms with Crippen molar-refractivity contribution < 1.29 is 18.7 Å². The average molecular weight is 309 g/mol. The molecule has 1 fully saturated rings. The second-order valence-electron chi connectivity index (χ2n) is 4.56. The maximum Gasteiger partial charge on any atom is 0.320 e. The van der Waals surface area contributed by atoms with Crippen LogP contribution < -0.4 is 0 Å². The van der Waals surface area contributed by atoms with E-state index in [4.69, 9.17) is 4.74 Å². The van der Waals surface area contributed by atoms with Crippen molar-refractivity contribution in [1.29, 1.82) is 0 Å². The number of hydrogen-bond donors (Lipinski definition) is 0. The summed E-state index contributed by atoms with van der Waals surface area (Å²) in [5.74, 6) is -0.149. The average Bonchev–Trinajstić information content (AvgIpc) is 2.52. The fourth-order valence-corrected chi connectivity index (χ4v) is 3.13. The summed E-state index contributed by atoms with van der Waals surface area (Å²) in [4.78, 5) is 25.2. The van der Waals surface area contributed by atoms with E-state index in [1.54, 1.807) is 23.1 Å². The van der Waals surface area contributed by atoms with Gasteiger partial charge in [0.1, 0.15) is 11.1 Å². The van der Waals surface area contributed by atoms with Crippen molar-refractivity contribution in [3.8, 4) is 0 Å². The molecule has 4 nitrogen and oxygen atoms in total. The van der Waals surface area contributed by atoms with Gasteiger partial charge < -0.3 is 9.64 Å². The Hall–Kier alpha value is -1.82. The third-order valence-electron chi connectivity index (χ3n) is 3.11. The monoisotopic (exact) mass is 309 g/mol. The summed E-state index contributed by atoms with van der Waals surface area (Å²) < 4.78 is 17.7. The van der Waals surface area contributed by atoms with Gasteiger partial charge in [-0.25, -0.2) is 4.39 Å². The molecule has 0 N–H and O–H groups in total. The van der Waals surface area contributed by atoms with Gasteiger partial charge in [-0.15, -0.1) is 11.8 Å². The molecule has 0 unspecified atom stereocenters. The van der Waals surface area contributed by atoms with E-state index in [-0.39, 0.29) is 22.9 Å². The van der Waals surface area contributed by atoms with E-state index in [2.05, 4.69) is 0 Å². The normalized spacial score (nSPS) is 18.8. The van der Waals surface area contributed by atoms with Crippen LogP contribution in [0.15, 0.2) is 30.3 Å². The number of esters is 1. The molecule has 0 saturated carbocycles. The number of nitrogens with zero attached hydrogens (tertiary/aromatic N) is 1. The van der Waals surface area contributed by atoms with Crippen molar-refractivity contribution in [1.82, 2.24) is 4.90 Å². The number of halogens is 1. The van der Waals surface area contributed by atoms with E-state index >= 15 is 0 Å². The van der Waals surface area contributed by atoms with E-state index in [1.165, 1.54) is 37.1 Å². The highest BCUT2D eigenvalue weighted by Crippen LogP contribution is 2.20. The van der Waals surface area contributed by atoms with Crippen LogP contribution in [0.4, 0.5) is 4.39 Å². The Morgan fingerprint density at radius 1 is 1.48 bits per heavy atom. The van der Waals surface area contributed by atoms with Crippen LogP contribution in [0.5, 0.6) is 0 Å². The van der Waals surface area contributed by atoms with Crippen LogP contribution >= 0.6 is 11.8 Å². The Morgan fingerprint density at radius 3 is 3.00 bits per heavy atom. The van der Waals surface area contributed by atoms with Gasteiger partial charge in [0.25, 0.3) is 0 Å². The summed E-state index contributed by atoms with van der Waals surface area (Å²) in [5.41, 5.74) is 0.624. The first kappa shape index (κ1) is 15.6. The molecule has 0 aromatic heterocycles. The molecule has 1 atom stereocenters. The predicted octanol–water partition coefficient (Wildman–Crippen LogP) is 1.96. The van der Waals surface area contributed by atoms with Crippen molar-refractivity contribution in [2.75, 3.05) is 26.0 Å². The van der Waals surface area contributed by atoms with Crippen molar-refractivity contribution in [2.24, 2.45) is 0 Å². The highest BCUT2D eigenvalue weighted by Gasteiger charge is 2.28. The molecule has 1 aliphatic heterocycles. The number of methoxy groups -OCH3 is 1. The Bertz CT molecular complexity index is 562. The summed E-state index contributed by atoms with van der Waals surface area (Å²) in [6, 6.07) is 6.01. The fourth-order valence-electron chi connectivity index (χ4n) is 2.01. The van der Waals surface area contributed by atoms with E-state index in [0.29, 0.717) is 24.4 Å². The van der Waals surface area contributed by atoms with Crippen LogP contribution in [0.25, 0.3) is 6.08 Å². The molecule has 1 aliphatic rings. The molecular formula is C15H16FNO3S. The van der Waals surface area contributed by atoms with Gasteiger partial charge in [0.15, 0.2) is 0 Å². The zero-order valence-electron chi connectivity index (χ0n) is 11.6. The molecule has 0 spiro atoms. The van der Waals surface area contributed by atoms with E-state index in [0.717, 1.165) is 0 Å². The largest absolute Gasteiger partial charge is 0.468 e. The second-order valence-corrected chi connectivity index (χ2v) is 5.87. The number of thioether (sulfide) groups is 1. The summed E-state index contributed by atoms with van der Waals surface area (Å²) in [6.45, 7) is 0.925. The van der Waals surface area contributed by atoms with Gasteiger partial charge in [0, 0.05) is 24.9 Å². The molecule has 1 amide bonds. The highest BCUT2D eigenvalue weighted by molar-refractivity contribution is 8.00. The lowest BCUT2D eigenvalue weighted by Gasteiger charge is -2.30. The maximum atomic E-state index is 13.0. The van der Waals surface area contributed by atoms with Crippen LogP contribution in [0.1, 0.15) is 5.56 Å². The molecule has 1 aromatic rings. The SMILES string of the molecule is COC(=O)[C@H]1CN(C(=O)/C=C/c2cccc(F)c2)CCS1. The summed E-state index contributed by atoms with van der Waals surface area (Å²) in [6.07, 6.45) is 2.97. The molecule has 1 saturated heterocycles. The quantitative estimate of drug-likeness (QED) is 0.632. The summed E-state index contributed by atoms with van der Waals surface area (Å²) in [5, 5.41) is -0.338. The fraction of sp³-hybridized carbons (Fsp3) is 0.333. The number of carbonyl (C=O) groups is 2. The van der Waals surface area contributed by atoms with Gasteiger partial charge in [0.05, 0.1) is 7.11 Å². The van der Waals surface area contributed by atoms with Crippen LogP contribution in [-0.2, 0) is 14.3 Å². The van der Waals surface area contributed by atoms with Gasteiger partial charge in [-0.1, -0.05) is 12.1 Å². The number of carbonyl (C=O) groups excluding carboxylic acids is 2.